The van der Waals surface area contributed by atoms with Gasteiger partial charge in [0, 0.05) is 17.6 Å². The molecule has 0 bridgehead atoms. The minimum absolute atomic E-state index is 0.372. The third kappa shape index (κ3) is 2.39. The largest absolute Gasteiger partial charge is 0.332 e. The maximum Gasteiger partial charge on any atom is 0.332 e. The van der Waals surface area contributed by atoms with Crippen LogP contribution >= 0.6 is 0 Å². The first-order valence-corrected chi connectivity index (χ1v) is 7.73. The van der Waals surface area contributed by atoms with Crippen LogP contribution in [0, 0.1) is 0 Å². The molecule has 0 radical (unpaired) electrons. The molecule has 2 N–H and O–H groups in total. The van der Waals surface area contributed by atoms with Crippen LogP contribution in [0.5, 0.6) is 0 Å². The van der Waals surface area contributed by atoms with E-state index in [1.54, 1.807) is 6.20 Å². The lowest BCUT2D eigenvalue weighted by molar-refractivity contribution is 0.351. The van der Waals surface area contributed by atoms with Crippen LogP contribution in [-0.2, 0) is 0 Å². The lowest BCUT2D eigenvalue weighted by atomic mass is 10.1. The molecule has 0 aliphatic carbocycles. The van der Waals surface area contributed by atoms with Gasteiger partial charge in [-0.25, -0.2) is 4.79 Å². The van der Waals surface area contributed by atoms with E-state index in [-0.39, 0.29) is 0 Å². The van der Waals surface area contributed by atoms with Crippen molar-refractivity contribution in [3.8, 4) is 5.69 Å². The van der Waals surface area contributed by atoms with Crippen molar-refractivity contribution in [2.45, 2.75) is 18.9 Å². The second-order valence-electron chi connectivity index (χ2n) is 5.76. The third-order valence-electron chi connectivity index (χ3n) is 4.36. The van der Waals surface area contributed by atoms with Crippen LogP contribution in [-0.4, -0.2) is 32.4 Å². The number of nitrogens with one attached hydrogen (secondary N) is 2. The number of piperidine rings is 1. The molecular formula is C16H17N5O2. The molecule has 4 rings (SSSR count). The number of hydrogen-bond donors (Lipinski definition) is 2. The number of hydrogen-bond acceptors (Lipinski definition) is 4. The first-order chi connectivity index (χ1) is 11.2. The number of aromatic nitrogens is 4. The molecule has 0 amide bonds. The predicted molar refractivity (Wildman–Crippen MR) is 87.1 cm³/mol. The molecule has 0 unspecified atom stereocenters. The average Bonchev–Trinajstić information content (AvgIpc) is 3.00. The topological polar surface area (TPSA) is 84.7 Å². The van der Waals surface area contributed by atoms with Crippen LogP contribution in [0.4, 0.5) is 0 Å². The summed E-state index contributed by atoms with van der Waals surface area (Å²) in [5.41, 5.74) is 0.889. The van der Waals surface area contributed by atoms with Crippen molar-refractivity contribution in [3.63, 3.8) is 0 Å². The van der Waals surface area contributed by atoms with E-state index in [1.807, 2.05) is 18.2 Å². The summed E-state index contributed by atoms with van der Waals surface area (Å²) in [7, 11) is 0. The summed E-state index contributed by atoms with van der Waals surface area (Å²) in [6.07, 6.45) is 5.38. The molecule has 1 aromatic carbocycles. The first kappa shape index (κ1) is 14.0. The average molecular weight is 311 g/mol. The summed E-state index contributed by atoms with van der Waals surface area (Å²) < 4.78 is 3.49. The highest BCUT2D eigenvalue weighted by Crippen LogP contribution is 2.26. The van der Waals surface area contributed by atoms with E-state index in [0.717, 1.165) is 42.5 Å². The molecule has 118 valence electrons. The van der Waals surface area contributed by atoms with Gasteiger partial charge in [0.05, 0.1) is 23.4 Å². The zero-order chi connectivity index (χ0) is 15.8. The number of rotatable bonds is 2. The Bertz CT molecular complexity index is 962. The normalized spacial score (nSPS) is 16.0. The van der Waals surface area contributed by atoms with Crippen LogP contribution in [0.2, 0.25) is 0 Å². The van der Waals surface area contributed by atoms with Gasteiger partial charge in [0.15, 0.2) is 0 Å². The predicted octanol–water partition coefficient (Wildman–Crippen LogP) is 0.800. The van der Waals surface area contributed by atoms with E-state index in [1.165, 1.54) is 16.8 Å². The molecule has 1 saturated heterocycles. The van der Waals surface area contributed by atoms with E-state index < -0.39 is 11.2 Å². The SMILES string of the molecule is O=c1ccn(-c2cccc3c2cnn3C2CCNCC2)c(=O)[nH]1. The molecule has 3 aromatic rings. The number of nitrogens with zero attached hydrogens (tertiary/aromatic N) is 3. The van der Waals surface area contributed by atoms with E-state index in [2.05, 4.69) is 20.1 Å². The first-order valence-electron chi connectivity index (χ1n) is 7.73. The van der Waals surface area contributed by atoms with Gasteiger partial charge in [-0.15, -0.1) is 0 Å². The standard InChI is InChI=1S/C16H17N5O2/c22-15-6-9-20(16(23)19-15)13-2-1-3-14-12(13)10-18-21(14)11-4-7-17-8-5-11/h1-3,6,9-11,17H,4-5,7-8H2,(H,19,22,23). The molecule has 2 aromatic heterocycles. The molecule has 0 atom stereocenters. The van der Waals surface area contributed by atoms with Crippen LogP contribution in [0.15, 0.2) is 46.2 Å². The quantitative estimate of drug-likeness (QED) is 0.733. The van der Waals surface area contributed by atoms with Crippen LogP contribution in [0.3, 0.4) is 0 Å². The fourth-order valence-corrected chi connectivity index (χ4v) is 3.21. The lowest BCUT2D eigenvalue weighted by Gasteiger charge is -2.23. The molecule has 23 heavy (non-hydrogen) atoms. The minimum Gasteiger partial charge on any atom is -0.317 e. The van der Waals surface area contributed by atoms with Crippen LogP contribution < -0.4 is 16.6 Å². The highest BCUT2D eigenvalue weighted by atomic mass is 16.2. The second-order valence-corrected chi connectivity index (χ2v) is 5.76. The number of H-pyrrole nitrogens is 1. The highest BCUT2D eigenvalue weighted by Gasteiger charge is 2.18. The summed E-state index contributed by atoms with van der Waals surface area (Å²) in [6, 6.07) is 7.50. The molecule has 1 aliphatic heterocycles. The molecule has 7 heteroatoms. The monoisotopic (exact) mass is 311 g/mol. The third-order valence-corrected chi connectivity index (χ3v) is 4.36. The van der Waals surface area contributed by atoms with E-state index in [4.69, 9.17) is 0 Å². The summed E-state index contributed by atoms with van der Waals surface area (Å²) in [5.74, 6) is 0. The molecule has 1 aliphatic rings. The fourth-order valence-electron chi connectivity index (χ4n) is 3.21. The Morgan fingerprint density at radius 3 is 2.74 bits per heavy atom. The Morgan fingerprint density at radius 2 is 1.96 bits per heavy atom. The van der Waals surface area contributed by atoms with Crippen molar-refractivity contribution >= 4 is 10.9 Å². The van der Waals surface area contributed by atoms with Gasteiger partial charge in [0.25, 0.3) is 5.56 Å². The maximum absolute atomic E-state index is 12.1. The Labute approximate surface area is 131 Å². The van der Waals surface area contributed by atoms with E-state index in [0.29, 0.717) is 6.04 Å². The van der Waals surface area contributed by atoms with Gasteiger partial charge in [-0.2, -0.15) is 5.10 Å². The van der Waals surface area contributed by atoms with Gasteiger partial charge in [-0.3, -0.25) is 19.0 Å². The van der Waals surface area contributed by atoms with Gasteiger partial charge in [-0.05, 0) is 38.1 Å². The second kappa shape index (κ2) is 5.51. The van der Waals surface area contributed by atoms with Crippen molar-refractivity contribution in [2.24, 2.45) is 0 Å². The number of fused-ring (bicyclic) bond motifs is 1. The zero-order valence-corrected chi connectivity index (χ0v) is 12.5. The zero-order valence-electron chi connectivity index (χ0n) is 12.5. The summed E-state index contributed by atoms with van der Waals surface area (Å²) in [4.78, 5) is 25.6. The van der Waals surface area contributed by atoms with Crippen molar-refractivity contribution in [1.29, 1.82) is 0 Å². The Balaban J connectivity index is 1.87. The number of aromatic amines is 1. The highest BCUT2D eigenvalue weighted by molar-refractivity contribution is 5.87. The molecule has 1 fully saturated rings. The van der Waals surface area contributed by atoms with Gasteiger partial charge in [0.2, 0.25) is 0 Å². The smallest absolute Gasteiger partial charge is 0.317 e. The molecular weight excluding hydrogens is 294 g/mol. The minimum atomic E-state index is -0.445. The van der Waals surface area contributed by atoms with Crippen molar-refractivity contribution < 1.29 is 0 Å². The van der Waals surface area contributed by atoms with Gasteiger partial charge < -0.3 is 5.32 Å². The van der Waals surface area contributed by atoms with Gasteiger partial charge in [-0.1, -0.05) is 6.07 Å². The maximum atomic E-state index is 12.1. The molecule has 0 saturated carbocycles. The Hall–Kier alpha value is -2.67. The van der Waals surface area contributed by atoms with Crippen molar-refractivity contribution in [3.05, 3.63) is 57.5 Å². The Morgan fingerprint density at radius 1 is 1.13 bits per heavy atom. The molecule has 3 heterocycles. The summed E-state index contributed by atoms with van der Waals surface area (Å²) in [5, 5.41) is 8.81. The van der Waals surface area contributed by atoms with Gasteiger partial charge in [0.1, 0.15) is 0 Å². The molecule has 7 nitrogen and oxygen atoms in total. The van der Waals surface area contributed by atoms with E-state index in [9.17, 15) is 9.59 Å². The van der Waals surface area contributed by atoms with Crippen LogP contribution in [0.25, 0.3) is 16.6 Å². The summed E-state index contributed by atoms with van der Waals surface area (Å²) in [6.45, 7) is 1.98. The summed E-state index contributed by atoms with van der Waals surface area (Å²) >= 11 is 0. The van der Waals surface area contributed by atoms with Crippen molar-refractivity contribution in [1.82, 2.24) is 24.6 Å². The van der Waals surface area contributed by atoms with Crippen molar-refractivity contribution in [2.75, 3.05) is 13.1 Å². The van der Waals surface area contributed by atoms with Gasteiger partial charge >= 0.3 is 5.69 Å². The number of benzene rings is 1. The molecule has 0 spiro atoms. The van der Waals surface area contributed by atoms with Crippen LogP contribution in [0.1, 0.15) is 18.9 Å². The fraction of sp³-hybridized carbons (Fsp3) is 0.312. The Kier molecular flexibility index (Phi) is 3.34. The lowest BCUT2D eigenvalue weighted by Crippen LogP contribution is -2.29. The van der Waals surface area contributed by atoms with E-state index >= 15 is 0 Å².